The molecule has 0 aliphatic rings. The molecule has 66 valence electrons. The highest BCUT2D eigenvalue weighted by molar-refractivity contribution is 7.99. The number of aliphatic hydroxyl groups excluding tert-OH is 1. The predicted octanol–water partition coefficient (Wildman–Crippen LogP) is 1.87. The zero-order chi connectivity index (χ0) is 8.97. The maximum atomic E-state index is 9.10. The van der Waals surface area contributed by atoms with Crippen molar-refractivity contribution in [2.45, 2.75) is 17.9 Å². The summed E-state index contributed by atoms with van der Waals surface area (Å²) < 4.78 is 0. The van der Waals surface area contributed by atoms with Gasteiger partial charge in [0.05, 0.1) is 6.10 Å². The summed E-state index contributed by atoms with van der Waals surface area (Å²) in [6.07, 6.45) is -0.308. The van der Waals surface area contributed by atoms with E-state index in [0.717, 1.165) is 4.90 Å². The Morgan fingerprint density at radius 3 is 2.83 bits per heavy atom. The molecule has 0 amide bonds. The number of thioether (sulfide) groups is 1. The lowest BCUT2D eigenvalue weighted by molar-refractivity contribution is 0.220. The Hall–Kier alpha value is -0.670. The summed E-state index contributed by atoms with van der Waals surface area (Å²) in [7, 11) is 0. The van der Waals surface area contributed by atoms with Crippen LogP contribution >= 0.6 is 11.8 Å². The fourth-order valence-corrected chi connectivity index (χ4v) is 1.60. The van der Waals surface area contributed by atoms with Crippen molar-refractivity contribution in [1.29, 1.82) is 0 Å². The maximum absolute atomic E-state index is 9.10. The second-order valence-corrected chi connectivity index (χ2v) is 3.75. The number of phenols is 1. The van der Waals surface area contributed by atoms with Gasteiger partial charge in [0.1, 0.15) is 5.75 Å². The van der Waals surface area contributed by atoms with Gasteiger partial charge in [-0.25, -0.2) is 0 Å². The van der Waals surface area contributed by atoms with E-state index in [1.807, 2.05) is 6.07 Å². The van der Waals surface area contributed by atoms with Crippen molar-refractivity contribution in [2.75, 3.05) is 5.75 Å². The molecule has 0 aliphatic heterocycles. The van der Waals surface area contributed by atoms with E-state index >= 15 is 0 Å². The minimum absolute atomic E-state index is 0.269. The topological polar surface area (TPSA) is 40.5 Å². The van der Waals surface area contributed by atoms with Crippen molar-refractivity contribution in [3.63, 3.8) is 0 Å². The van der Waals surface area contributed by atoms with Crippen molar-refractivity contribution >= 4 is 11.8 Å². The SMILES string of the molecule is C[C@H](O)CSc1cccc(O)c1. The number of aliphatic hydroxyl groups is 1. The standard InChI is InChI=1S/C9H12O2S/c1-7(10)6-12-9-4-2-3-8(11)5-9/h2-5,7,10-11H,6H2,1H3/t7-/m0/s1. The van der Waals surface area contributed by atoms with Crippen molar-refractivity contribution in [1.82, 2.24) is 0 Å². The van der Waals surface area contributed by atoms with E-state index in [4.69, 9.17) is 10.2 Å². The molecule has 1 aromatic carbocycles. The molecule has 0 radical (unpaired) electrons. The van der Waals surface area contributed by atoms with E-state index in [1.165, 1.54) is 11.8 Å². The van der Waals surface area contributed by atoms with E-state index in [1.54, 1.807) is 25.1 Å². The Labute approximate surface area is 76.2 Å². The Morgan fingerprint density at radius 2 is 2.25 bits per heavy atom. The quantitative estimate of drug-likeness (QED) is 0.704. The lowest BCUT2D eigenvalue weighted by Gasteiger charge is -2.03. The molecular weight excluding hydrogens is 172 g/mol. The van der Waals surface area contributed by atoms with Crippen LogP contribution in [0.5, 0.6) is 5.75 Å². The number of hydrogen-bond donors (Lipinski definition) is 2. The second-order valence-electron chi connectivity index (χ2n) is 2.66. The summed E-state index contributed by atoms with van der Waals surface area (Å²) in [4.78, 5) is 0.982. The van der Waals surface area contributed by atoms with Crippen molar-refractivity contribution < 1.29 is 10.2 Å². The molecule has 0 spiro atoms. The van der Waals surface area contributed by atoms with Gasteiger partial charge in [-0.1, -0.05) is 6.07 Å². The first kappa shape index (κ1) is 9.42. The first-order valence-corrected chi connectivity index (χ1v) is 4.77. The molecule has 1 atom stereocenters. The van der Waals surface area contributed by atoms with Crippen LogP contribution < -0.4 is 0 Å². The molecule has 2 nitrogen and oxygen atoms in total. The molecule has 1 rings (SSSR count). The summed E-state index contributed by atoms with van der Waals surface area (Å²) in [5, 5.41) is 18.1. The molecule has 0 saturated heterocycles. The van der Waals surface area contributed by atoms with E-state index in [0.29, 0.717) is 5.75 Å². The van der Waals surface area contributed by atoms with Gasteiger partial charge >= 0.3 is 0 Å². The van der Waals surface area contributed by atoms with Gasteiger partial charge in [-0.3, -0.25) is 0 Å². The molecule has 0 unspecified atom stereocenters. The third kappa shape index (κ3) is 3.15. The largest absolute Gasteiger partial charge is 0.508 e. The minimum Gasteiger partial charge on any atom is -0.508 e. The highest BCUT2D eigenvalue weighted by Crippen LogP contribution is 2.22. The van der Waals surface area contributed by atoms with E-state index < -0.39 is 0 Å². The Morgan fingerprint density at radius 1 is 1.50 bits per heavy atom. The molecule has 0 heterocycles. The van der Waals surface area contributed by atoms with Gasteiger partial charge in [0.25, 0.3) is 0 Å². The summed E-state index contributed by atoms with van der Waals surface area (Å²) in [6.45, 7) is 1.75. The number of aromatic hydroxyl groups is 1. The number of rotatable bonds is 3. The van der Waals surface area contributed by atoms with Crippen LogP contribution in [0.1, 0.15) is 6.92 Å². The van der Waals surface area contributed by atoms with Gasteiger partial charge in [-0.15, -0.1) is 11.8 Å². The van der Waals surface area contributed by atoms with Gasteiger partial charge in [0, 0.05) is 10.6 Å². The fourth-order valence-electron chi connectivity index (χ4n) is 0.790. The molecular formula is C9H12O2S. The van der Waals surface area contributed by atoms with Gasteiger partial charge in [0.2, 0.25) is 0 Å². The number of hydrogen-bond acceptors (Lipinski definition) is 3. The van der Waals surface area contributed by atoms with E-state index in [2.05, 4.69) is 0 Å². The maximum Gasteiger partial charge on any atom is 0.116 e. The molecule has 0 fully saturated rings. The van der Waals surface area contributed by atoms with Crippen molar-refractivity contribution in [3.05, 3.63) is 24.3 Å². The zero-order valence-corrected chi connectivity index (χ0v) is 7.71. The molecule has 0 aliphatic carbocycles. The van der Waals surface area contributed by atoms with Gasteiger partial charge in [0.15, 0.2) is 0 Å². The van der Waals surface area contributed by atoms with Gasteiger partial charge < -0.3 is 10.2 Å². The number of benzene rings is 1. The lowest BCUT2D eigenvalue weighted by Crippen LogP contribution is -2.01. The Balaban J connectivity index is 2.52. The second kappa shape index (κ2) is 4.38. The van der Waals surface area contributed by atoms with Crippen molar-refractivity contribution in [3.8, 4) is 5.75 Å². The Kier molecular flexibility index (Phi) is 3.44. The fraction of sp³-hybridized carbons (Fsp3) is 0.333. The van der Waals surface area contributed by atoms with E-state index in [-0.39, 0.29) is 11.9 Å². The number of phenolic OH excluding ortho intramolecular Hbond substituents is 1. The van der Waals surface area contributed by atoms with Crippen LogP contribution in [0.25, 0.3) is 0 Å². The lowest BCUT2D eigenvalue weighted by atomic mass is 10.3. The summed E-state index contributed by atoms with van der Waals surface area (Å²) in [5.41, 5.74) is 0. The van der Waals surface area contributed by atoms with Crippen LogP contribution in [-0.4, -0.2) is 22.1 Å². The van der Waals surface area contributed by atoms with Crippen LogP contribution in [0, 0.1) is 0 Å². The molecule has 3 heteroatoms. The third-order valence-corrected chi connectivity index (χ3v) is 2.55. The first-order chi connectivity index (χ1) is 5.68. The molecule has 12 heavy (non-hydrogen) atoms. The smallest absolute Gasteiger partial charge is 0.116 e. The van der Waals surface area contributed by atoms with Crippen LogP contribution in [0.15, 0.2) is 29.2 Å². The highest BCUT2D eigenvalue weighted by Gasteiger charge is 1.98. The summed E-state index contributed by atoms with van der Waals surface area (Å²) in [5.74, 6) is 0.925. The Bertz CT molecular complexity index is 248. The van der Waals surface area contributed by atoms with Crippen LogP contribution in [0.3, 0.4) is 0 Å². The molecule has 0 bridgehead atoms. The van der Waals surface area contributed by atoms with Crippen LogP contribution in [0.4, 0.5) is 0 Å². The monoisotopic (exact) mass is 184 g/mol. The third-order valence-electron chi connectivity index (χ3n) is 1.31. The van der Waals surface area contributed by atoms with E-state index in [9.17, 15) is 0 Å². The average Bonchev–Trinajstić information content (AvgIpc) is 2.01. The highest BCUT2D eigenvalue weighted by atomic mass is 32.2. The van der Waals surface area contributed by atoms with Gasteiger partial charge in [-0.2, -0.15) is 0 Å². The molecule has 2 N–H and O–H groups in total. The van der Waals surface area contributed by atoms with Crippen LogP contribution in [-0.2, 0) is 0 Å². The molecule has 0 saturated carbocycles. The normalized spacial score (nSPS) is 12.8. The average molecular weight is 184 g/mol. The van der Waals surface area contributed by atoms with Gasteiger partial charge in [-0.05, 0) is 25.1 Å². The van der Waals surface area contributed by atoms with Crippen LogP contribution in [0.2, 0.25) is 0 Å². The minimum atomic E-state index is -0.308. The van der Waals surface area contributed by atoms with Crippen molar-refractivity contribution in [2.24, 2.45) is 0 Å². The first-order valence-electron chi connectivity index (χ1n) is 3.78. The molecule has 1 aromatic rings. The summed E-state index contributed by atoms with van der Waals surface area (Å²) >= 11 is 1.53. The predicted molar refractivity (Wildman–Crippen MR) is 50.5 cm³/mol. The summed E-state index contributed by atoms with van der Waals surface area (Å²) in [6, 6.07) is 7.02. The zero-order valence-electron chi connectivity index (χ0n) is 6.90. The molecule has 0 aromatic heterocycles.